The van der Waals surface area contributed by atoms with Gasteiger partial charge in [0.25, 0.3) is 5.91 Å². The highest BCUT2D eigenvalue weighted by Gasteiger charge is 2.24. The van der Waals surface area contributed by atoms with Gasteiger partial charge < -0.3 is 31.5 Å². The number of amides is 1. The van der Waals surface area contributed by atoms with Crippen LogP contribution < -0.4 is 26.4 Å². The number of benzene rings is 1. The Kier molecular flexibility index (Phi) is 8.25. The number of aryl methyl sites for hydroxylation is 1. The average molecular weight is 509 g/mol. The van der Waals surface area contributed by atoms with Crippen molar-refractivity contribution in [3.8, 4) is 11.8 Å². The van der Waals surface area contributed by atoms with Gasteiger partial charge in [0.15, 0.2) is 0 Å². The third-order valence-corrected chi connectivity index (χ3v) is 7.49. The lowest BCUT2D eigenvalue weighted by Crippen LogP contribution is -2.45. The second-order valence-electron chi connectivity index (χ2n) is 9.05. The van der Waals surface area contributed by atoms with Crippen LogP contribution in [-0.4, -0.2) is 54.4 Å². The van der Waals surface area contributed by atoms with Gasteiger partial charge in [-0.2, -0.15) is 5.26 Å². The van der Waals surface area contributed by atoms with Crippen LogP contribution in [0.1, 0.15) is 47.0 Å². The van der Waals surface area contributed by atoms with Crippen LogP contribution in [0.25, 0.3) is 10.2 Å². The molecule has 36 heavy (non-hydrogen) atoms. The van der Waals surface area contributed by atoms with Gasteiger partial charge in [0.1, 0.15) is 34.0 Å². The number of nitrogens with two attached hydrogens (primary N) is 2. The van der Waals surface area contributed by atoms with E-state index >= 15 is 0 Å². The number of aromatic nitrogens is 1. The van der Waals surface area contributed by atoms with Crippen LogP contribution in [0.2, 0.25) is 0 Å². The van der Waals surface area contributed by atoms with E-state index in [2.05, 4.69) is 29.3 Å². The standard InChI is InChI=1S/C26H32N6O3S/c1-2-4-17-12-21(31-26-22(17)23(28)24(36-26)25(29)34)32-9-7-18(8-10-32)30-14-19(33)15-35-20-6-3-5-16(11-20)13-27/h3,5-6,11-12,18-19,30,33H,2,4,7-10,14-15,28H2,1H3,(H2,29,34). The number of primary amides is 1. The Hall–Kier alpha value is -3.39. The molecule has 1 amide bonds. The molecule has 190 valence electrons. The molecule has 4 rings (SSSR count). The van der Waals surface area contributed by atoms with E-state index in [1.807, 2.05) is 0 Å². The fourth-order valence-corrected chi connectivity index (χ4v) is 5.51. The Bertz CT molecular complexity index is 1260. The first-order chi connectivity index (χ1) is 17.4. The lowest BCUT2D eigenvalue weighted by molar-refractivity contribution is 0.100. The van der Waals surface area contributed by atoms with Crippen LogP contribution in [0.5, 0.6) is 5.75 Å². The predicted molar refractivity (Wildman–Crippen MR) is 142 cm³/mol. The number of anilines is 2. The number of hydrogen-bond acceptors (Lipinski definition) is 9. The zero-order valence-electron chi connectivity index (χ0n) is 20.4. The van der Waals surface area contributed by atoms with Crippen LogP contribution in [0.15, 0.2) is 30.3 Å². The number of piperidine rings is 1. The molecule has 0 bridgehead atoms. The Morgan fingerprint density at radius 3 is 2.86 bits per heavy atom. The van der Waals surface area contributed by atoms with E-state index in [-0.39, 0.29) is 12.6 Å². The van der Waals surface area contributed by atoms with Crippen molar-refractivity contribution in [3.63, 3.8) is 0 Å². The third kappa shape index (κ3) is 5.87. The topological polar surface area (TPSA) is 151 Å². The molecule has 1 unspecified atom stereocenters. The van der Waals surface area contributed by atoms with Gasteiger partial charge in [-0.25, -0.2) is 4.98 Å². The third-order valence-electron chi connectivity index (χ3n) is 6.38. The number of nitrogens with zero attached hydrogens (tertiary/aromatic N) is 3. The Balaban J connectivity index is 1.32. The van der Waals surface area contributed by atoms with Crippen molar-refractivity contribution in [2.45, 2.75) is 44.8 Å². The summed E-state index contributed by atoms with van der Waals surface area (Å²) >= 11 is 1.26. The van der Waals surface area contributed by atoms with E-state index in [1.54, 1.807) is 24.3 Å². The van der Waals surface area contributed by atoms with Crippen molar-refractivity contribution in [2.24, 2.45) is 5.73 Å². The van der Waals surface area contributed by atoms with E-state index in [4.69, 9.17) is 26.5 Å². The lowest BCUT2D eigenvalue weighted by Gasteiger charge is -2.34. The molecule has 0 saturated carbocycles. The molecular formula is C26H32N6O3S. The summed E-state index contributed by atoms with van der Waals surface area (Å²) in [5.74, 6) is 0.952. The Morgan fingerprint density at radius 1 is 1.39 bits per heavy atom. The van der Waals surface area contributed by atoms with Crippen LogP contribution in [0, 0.1) is 11.3 Å². The summed E-state index contributed by atoms with van der Waals surface area (Å²) in [5.41, 5.74) is 13.8. The maximum atomic E-state index is 11.8. The highest BCUT2D eigenvalue weighted by atomic mass is 32.1. The molecule has 2 aromatic heterocycles. The van der Waals surface area contributed by atoms with Crippen molar-refractivity contribution in [1.82, 2.24) is 10.3 Å². The fourth-order valence-electron chi connectivity index (χ4n) is 4.52. The van der Waals surface area contributed by atoms with Gasteiger partial charge in [0.05, 0.1) is 17.3 Å². The smallest absolute Gasteiger partial charge is 0.260 e. The van der Waals surface area contributed by atoms with Crippen LogP contribution in [-0.2, 0) is 6.42 Å². The summed E-state index contributed by atoms with van der Waals surface area (Å²) in [6.07, 6.45) is 2.99. The van der Waals surface area contributed by atoms with Crippen molar-refractivity contribution in [3.05, 3.63) is 46.3 Å². The van der Waals surface area contributed by atoms with Gasteiger partial charge in [0, 0.05) is 31.1 Å². The number of hydrogen-bond donors (Lipinski definition) is 4. The van der Waals surface area contributed by atoms with Gasteiger partial charge >= 0.3 is 0 Å². The number of rotatable bonds is 10. The highest BCUT2D eigenvalue weighted by molar-refractivity contribution is 7.21. The first-order valence-electron chi connectivity index (χ1n) is 12.2. The molecule has 10 heteroatoms. The van der Waals surface area contributed by atoms with Crippen LogP contribution in [0.4, 0.5) is 11.5 Å². The van der Waals surface area contributed by atoms with Gasteiger partial charge in [0.2, 0.25) is 0 Å². The molecule has 6 N–H and O–H groups in total. The van der Waals surface area contributed by atoms with Gasteiger partial charge in [-0.05, 0) is 49.1 Å². The minimum absolute atomic E-state index is 0.155. The molecule has 1 saturated heterocycles. The minimum atomic E-state index is -0.654. The summed E-state index contributed by atoms with van der Waals surface area (Å²) in [6, 6.07) is 11.4. The molecule has 1 aliphatic rings. The number of nitrogens with one attached hydrogen (secondary N) is 1. The maximum Gasteiger partial charge on any atom is 0.260 e. The zero-order chi connectivity index (χ0) is 25.7. The summed E-state index contributed by atoms with van der Waals surface area (Å²) in [4.78, 5) is 20.0. The zero-order valence-corrected chi connectivity index (χ0v) is 21.2. The minimum Gasteiger partial charge on any atom is -0.491 e. The molecule has 3 heterocycles. The van der Waals surface area contributed by atoms with E-state index in [0.29, 0.717) is 28.4 Å². The second kappa shape index (κ2) is 11.6. The van der Waals surface area contributed by atoms with Crippen molar-refractivity contribution in [2.75, 3.05) is 36.9 Å². The Labute approximate surface area is 214 Å². The number of nitriles is 1. The number of carbonyl (C=O) groups is 1. The predicted octanol–water partition coefficient (Wildman–Crippen LogP) is 2.80. The van der Waals surface area contributed by atoms with Gasteiger partial charge in [-0.15, -0.1) is 11.3 Å². The average Bonchev–Trinajstić information content (AvgIpc) is 3.23. The molecule has 1 fully saturated rings. The summed E-state index contributed by atoms with van der Waals surface area (Å²) < 4.78 is 5.62. The number of fused-ring (bicyclic) bond motifs is 1. The monoisotopic (exact) mass is 508 g/mol. The lowest BCUT2D eigenvalue weighted by atomic mass is 10.0. The van der Waals surface area contributed by atoms with Gasteiger partial charge in [-0.3, -0.25) is 4.79 Å². The first-order valence-corrected chi connectivity index (χ1v) is 13.0. The second-order valence-corrected chi connectivity index (χ2v) is 10.1. The van der Waals surface area contributed by atoms with E-state index < -0.39 is 12.0 Å². The molecule has 9 nitrogen and oxygen atoms in total. The van der Waals surface area contributed by atoms with E-state index in [9.17, 15) is 9.90 Å². The number of thiophene rings is 1. The largest absolute Gasteiger partial charge is 0.491 e. The summed E-state index contributed by atoms with van der Waals surface area (Å²) in [6.45, 7) is 4.36. The fraction of sp³-hybridized carbons (Fsp3) is 0.423. The van der Waals surface area contributed by atoms with E-state index in [0.717, 1.165) is 60.4 Å². The molecule has 3 aromatic rings. The van der Waals surface area contributed by atoms with E-state index in [1.165, 1.54) is 11.3 Å². The van der Waals surface area contributed by atoms with Crippen LogP contribution in [0.3, 0.4) is 0 Å². The summed E-state index contributed by atoms with van der Waals surface area (Å²) in [5, 5.41) is 23.6. The molecule has 1 aromatic carbocycles. The SMILES string of the molecule is CCCc1cc(N2CCC(NCC(O)COc3cccc(C#N)c3)CC2)nc2sc(C(N)=O)c(N)c12. The van der Waals surface area contributed by atoms with Crippen molar-refractivity contribution >= 4 is 39.0 Å². The number of aliphatic hydroxyl groups is 1. The Morgan fingerprint density at radius 2 is 2.17 bits per heavy atom. The van der Waals surface area contributed by atoms with Crippen molar-refractivity contribution < 1.29 is 14.6 Å². The van der Waals surface area contributed by atoms with Crippen LogP contribution >= 0.6 is 11.3 Å². The number of aliphatic hydroxyl groups excluding tert-OH is 1. The number of ether oxygens (including phenoxy) is 1. The van der Waals surface area contributed by atoms with Crippen molar-refractivity contribution in [1.29, 1.82) is 5.26 Å². The molecular weight excluding hydrogens is 476 g/mol. The number of carbonyl (C=O) groups excluding carboxylic acids is 1. The normalized spacial score (nSPS) is 15.1. The molecule has 1 aliphatic heterocycles. The quantitative estimate of drug-likeness (QED) is 0.326. The molecule has 0 radical (unpaired) electrons. The molecule has 0 aliphatic carbocycles. The molecule has 1 atom stereocenters. The highest BCUT2D eigenvalue weighted by Crippen LogP contribution is 2.37. The number of pyridine rings is 1. The van der Waals surface area contributed by atoms with Gasteiger partial charge in [-0.1, -0.05) is 19.4 Å². The summed E-state index contributed by atoms with van der Waals surface area (Å²) in [7, 11) is 0. The number of nitrogen functional groups attached to an aromatic ring is 1. The first kappa shape index (κ1) is 25.7. The maximum absolute atomic E-state index is 11.8. The molecule has 0 spiro atoms.